The first-order valence-corrected chi connectivity index (χ1v) is 4.34. The minimum Gasteiger partial charge on any atom is -0.349 e. The molecule has 1 aromatic heterocycles. The summed E-state index contributed by atoms with van der Waals surface area (Å²) in [6.45, 7) is 4.24. The summed E-state index contributed by atoms with van der Waals surface area (Å²) in [6, 6.07) is 1.80. The Morgan fingerprint density at radius 3 is 2.75 bits per heavy atom. The van der Waals surface area contributed by atoms with E-state index >= 15 is 0 Å². The number of halogens is 1. The lowest BCUT2D eigenvalue weighted by Gasteiger charge is -1.99. The Hall–Kier alpha value is -0.760. The van der Waals surface area contributed by atoms with Crippen molar-refractivity contribution >= 4 is 17.9 Å². The van der Waals surface area contributed by atoms with Crippen LogP contribution in [-0.4, -0.2) is 11.3 Å². The number of hydrogen-bond acceptors (Lipinski definition) is 1. The van der Waals surface area contributed by atoms with E-state index in [1.165, 1.54) is 0 Å². The molecule has 0 fully saturated rings. The van der Waals surface area contributed by atoms with Gasteiger partial charge in [0, 0.05) is 5.69 Å². The van der Waals surface area contributed by atoms with E-state index in [4.69, 9.17) is 11.6 Å². The van der Waals surface area contributed by atoms with E-state index in [0.29, 0.717) is 16.6 Å². The summed E-state index contributed by atoms with van der Waals surface area (Å²) >= 11 is 5.74. The van der Waals surface area contributed by atoms with Crippen LogP contribution in [0.4, 0.5) is 0 Å². The van der Waals surface area contributed by atoms with E-state index in [1.54, 1.807) is 6.07 Å². The number of aldehydes is 1. The van der Waals surface area contributed by atoms with Crippen molar-refractivity contribution in [2.75, 3.05) is 0 Å². The molecule has 1 N–H and O–H groups in total. The largest absolute Gasteiger partial charge is 0.349 e. The van der Waals surface area contributed by atoms with Crippen LogP contribution in [0.25, 0.3) is 0 Å². The number of nitrogens with one attached hydrogen (secondary N) is 1. The molecule has 3 heteroatoms. The van der Waals surface area contributed by atoms with Gasteiger partial charge < -0.3 is 4.98 Å². The second-order valence-corrected chi connectivity index (χ2v) is 3.66. The molecule has 1 heterocycles. The maximum atomic E-state index is 10.4. The van der Waals surface area contributed by atoms with Crippen molar-refractivity contribution in [1.82, 2.24) is 4.98 Å². The Balaban J connectivity index is 2.82. The van der Waals surface area contributed by atoms with Crippen molar-refractivity contribution in [2.24, 2.45) is 5.92 Å². The molecule has 0 unspecified atom stereocenters. The van der Waals surface area contributed by atoms with Crippen molar-refractivity contribution in [2.45, 2.75) is 20.3 Å². The molecule has 0 aliphatic carbocycles. The standard InChI is InChI=1S/C9H12ClNO/c1-6(2)3-8-4-7(5-12)9(10)11-8/h4-6,11H,3H2,1-2H3. The Kier molecular flexibility index (Phi) is 2.93. The van der Waals surface area contributed by atoms with Crippen LogP contribution in [0, 0.1) is 5.92 Å². The first kappa shape index (κ1) is 9.33. The maximum absolute atomic E-state index is 10.4. The van der Waals surface area contributed by atoms with Gasteiger partial charge in [-0.3, -0.25) is 4.79 Å². The average molecular weight is 186 g/mol. The Labute approximate surface area is 76.9 Å². The molecule has 12 heavy (non-hydrogen) atoms. The average Bonchev–Trinajstić information content (AvgIpc) is 2.29. The van der Waals surface area contributed by atoms with Crippen molar-refractivity contribution in [3.8, 4) is 0 Å². The lowest BCUT2D eigenvalue weighted by Crippen LogP contribution is -1.93. The summed E-state index contributed by atoms with van der Waals surface area (Å²) in [7, 11) is 0. The van der Waals surface area contributed by atoms with Crippen LogP contribution in [0.2, 0.25) is 5.15 Å². The summed E-state index contributed by atoms with van der Waals surface area (Å²) in [5.74, 6) is 0.569. The normalized spacial score (nSPS) is 10.7. The molecule has 0 bridgehead atoms. The predicted molar refractivity (Wildman–Crippen MR) is 49.7 cm³/mol. The molecule has 0 saturated carbocycles. The molecular formula is C9H12ClNO. The molecule has 0 saturated heterocycles. The molecule has 0 atom stereocenters. The van der Waals surface area contributed by atoms with E-state index in [1.807, 2.05) is 0 Å². The minimum absolute atomic E-state index is 0.445. The van der Waals surface area contributed by atoms with Gasteiger partial charge in [0.2, 0.25) is 0 Å². The first-order chi connectivity index (χ1) is 5.63. The van der Waals surface area contributed by atoms with Crippen LogP contribution in [-0.2, 0) is 6.42 Å². The molecule has 1 aromatic rings. The Bertz CT molecular complexity index is 278. The summed E-state index contributed by atoms with van der Waals surface area (Å²) in [6.07, 6.45) is 1.69. The molecular weight excluding hydrogens is 174 g/mol. The summed E-state index contributed by atoms with van der Waals surface area (Å²) in [5, 5.41) is 0.445. The molecule has 66 valence electrons. The Morgan fingerprint density at radius 1 is 1.67 bits per heavy atom. The van der Waals surface area contributed by atoms with Crippen LogP contribution < -0.4 is 0 Å². The van der Waals surface area contributed by atoms with Gasteiger partial charge in [-0.25, -0.2) is 0 Å². The van der Waals surface area contributed by atoms with E-state index in [2.05, 4.69) is 18.8 Å². The van der Waals surface area contributed by atoms with Crippen molar-refractivity contribution in [3.63, 3.8) is 0 Å². The first-order valence-electron chi connectivity index (χ1n) is 3.96. The molecule has 0 radical (unpaired) electrons. The summed E-state index contributed by atoms with van der Waals surface area (Å²) < 4.78 is 0. The molecule has 0 spiro atoms. The highest BCUT2D eigenvalue weighted by Gasteiger charge is 2.05. The van der Waals surface area contributed by atoms with Gasteiger partial charge in [0.1, 0.15) is 5.15 Å². The SMILES string of the molecule is CC(C)Cc1cc(C=O)c(Cl)[nH]1. The summed E-state index contributed by atoms with van der Waals surface area (Å²) in [5.41, 5.74) is 1.57. The Morgan fingerprint density at radius 2 is 2.33 bits per heavy atom. The van der Waals surface area contributed by atoms with E-state index in [9.17, 15) is 4.79 Å². The van der Waals surface area contributed by atoms with Crippen LogP contribution in [0.3, 0.4) is 0 Å². The molecule has 0 aliphatic rings. The molecule has 0 aromatic carbocycles. The van der Waals surface area contributed by atoms with Crippen molar-refractivity contribution in [3.05, 3.63) is 22.5 Å². The van der Waals surface area contributed by atoms with Crippen LogP contribution in [0.15, 0.2) is 6.07 Å². The van der Waals surface area contributed by atoms with Gasteiger partial charge >= 0.3 is 0 Å². The fraction of sp³-hybridized carbons (Fsp3) is 0.444. The third kappa shape index (κ3) is 2.11. The van der Waals surface area contributed by atoms with Gasteiger partial charge in [-0.15, -0.1) is 0 Å². The quantitative estimate of drug-likeness (QED) is 0.722. The van der Waals surface area contributed by atoms with Crippen LogP contribution in [0.5, 0.6) is 0 Å². The fourth-order valence-corrected chi connectivity index (χ4v) is 1.36. The predicted octanol–water partition coefficient (Wildman–Crippen LogP) is 2.68. The molecule has 0 amide bonds. The lowest BCUT2D eigenvalue weighted by molar-refractivity contribution is 0.112. The summed E-state index contributed by atoms with van der Waals surface area (Å²) in [4.78, 5) is 13.4. The molecule has 2 nitrogen and oxygen atoms in total. The number of aromatic nitrogens is 1. The number of H-pyrrole nitrogens is 1. The van der Waals surface area contributed by atoms with E-state index in [-0.39, 0.29) is 0 Å². The number of hydrogen-bond donors (Lipinski definition) is 1. The second-order valence-electron chi connectivity index (χ2n) is 3.28. The number of carbonyl (C=O) groups is 1. The zero-order chi connectivity index (χ0) is 9.14. The molecule has 1 rings (SSSR count). The van der Waals surface area contributed by atoms with Crippen molar-refractivity contribution in [1.29, 1.82) is 0 Å². The second kappa shape index (κ2) is 3.76. The van der Waals surface area contributed by atoms with Crippen molar-refractivity contribution < 1.29 is 4.79 Å². The van der Waals surface area contributed by atoms with Gasteiger partial charge in [-0.2, -0.15) is 0 Å². The van der Waals surface area contributed by atoms with Gasteiger partial charge in [0.15, 0.2) is 6.29 Å². The van der Waals surface area contributed by atoms with Gasteiger partial charge in [0.05, 0.1) is 5.56 Å². The zero-order valence-corrected chi connectivity index (χ0v) is 7.98. The number of aromatic amines is 1. The van der Waals surface area contributed by atoms with E-state index in [0.717, 1.165) is 18.4 Å². The highest BCUT2D eigenvalue weighted by molar-refractivity contribution is 6.31. The van der Waals surface area contributed by atoms with Crippen LogP contribution in [0.1, 0.15) is 29.9 Å². The lowest BCUT2D eigenvalue weighted by atomic mass is 10.1. The van der Waals surface area contributed by atoms with Crippen LogP contribution >= 0.6 is 11.6 Å². The minimum atomic E-state index is 0.445. The van der Waals surface area contributed by atoms with E-state index < -0.39 is 0 Å². The van der Waals surface area contributed by atoms with Gasteiger partial charge in [-0.05, 0) is 18.4 Å². The fourth-order valence-electron chi connectivity index (χ4n) is 1.14. The maximum Gasteiger partial charge on any atom is 0.153 e. The number of carbonyl (C=O) groups excluding carboxylic acids is 1. The smallest absolute Gasteiger partial charge is 0.153 e. The third-order valence-electron chi connectivity index (χ3n) is 1.61. The van der Waals surface area contributed by atoms with Gasteiger partial charge in [-0.1, -0.05) is 25.4 Å². The molecule has 0 aliphatic heterocycles. The highest BCUT2D eigenvalue weighted by atomic mass is 35.5. The highest BCUT2D eigenvalue weighted by Crippen LogP contribution is 2.16. The topological polar surface area (TPSA) is 32.9 Å². The monoisotopic (exact) mass is 185 g/mol. The zero-order valence-electron chi connectivity index (χ0n) is 7.23. The van der Waals surface area contributed by atoms with Gasteiger partial charge in [0.25, 0.3) is 0 Å². The number of rotatable bonds is 3. The third-order valence-corrected chi connectivity index (χ3v) is 1.92.